The number of carbonyl (C=O) groups excluding carboxylic acids is 2. The lowest BCUT2D eigenvalue weighted by Gasteiger charge is -2.20. The molecule has 1 amide bonds. The molecule has 6 nitrogen and oxygen atoms in total. The van der Waals surface area contributed by atoms with Crippen molar-refractivity contribution < 1.29 is 14.3 Å². The maximum absolute atomic E-state index is 12.6. The maximum Gasteiger partial charge on any atom is 0.325 e. The first-order chi connectivity index (χ1) is 10.1. The Bertz CT molecular complexity index is 663. The van der Waals surface area contributed by atoms with Gasteiger partial charge < -0.3 is 20.4 Å². The Morgan fingerprint density at radius 1 is 1.38 bits per heavy atom. The van der Waals surface area contributed by atoms with E-state index in [1.54, 1.807) is 18.3 Å². The number of hydrogen-bond acceptors (Lipinski definition) is 4. The van der Waals surface area contributed by atoms with Gasteiger partial charge in [-0.25, -0.2) is 0 Å². The summed E-state index contributed by atoms with van der Waals surface area (Å²) in [5.41, 5.74) is 7.71. The van der Waals surface area contributed by atoms with Crippen LogP contribution in [-0.2, 0) is 9.53 Å². The average molecular weight is 289 g/mol. The van der Waals surface area contributed by atoms with E-state index in [2.05, 4.69) is 9.72 Å². The van der Waals surface area contributed by atoms with Gasteiger partial charge in [-0.05, 0) is 24.6 Å². The molecule has 0 fully saturated rings. The number of aromatic amines is 1. The molecule has 6 heteroatoms. The maximum atomic E-state index is 12.6. The minimum atomic E-state index is -0.434. The van der Waals surface area contributed by atoms with Gasteiger partial charge in [0.15, 0.2) is 0 Å². The number of esters is 1. The lowest BCUT2D eigenvalue weighted by molar-refractivity contribution is -0.141. The van der Waals surface area contributed by atoms with Crippen molar-refractivity contribution in [2.75, 3.05) is 25.9 Å². The van der Waals surface area contributed by atoms with E-state index >= 15 is 0 Å². The molecule has 1 heterocycles. The number of rotatable bonds is 5. The molecule has 2 aromatic rings. The number of fused-ring (bicyclic) bond motifs is 1. The number of carbonyl (C=O) groups is 2. The largest absolute Gasteiger partial charge is 0.468 e. The molecular weight excluding hydrogens is 270 g/mol. The fraction of sp³-hybridized carbons (Fsp3) is 0.333. The highest BCUT2D eigenvalue weighted by Crippen LogP contribution is 2.22. The van der Waals surface area contributed by atoms with Gasteiger partial charge in [-0.2, -0.15) is 0 Å². The van der Waals surface area contributed by atoms with Gasteiger partial charge in [-0.15, -0.1) is 0 Å². The number of H-pyrrole nitrogens is 1. The summed E-state index contributed by atoms with van der Waals surface area (Å²) in [4.78, 5) is 28.6. The number of anilines is 1. The van der Waals surface area contributed by atoms with Gasteiger partial charge in [-0.1, -0.05) is 6.92 Å². The number of aromatic nitrogens is 1. The van der Waals surface area contributed by atoms with Crippen LogP contribution in [-0.4, -0.2) is 42.0 Å². The molecule has 21 heavy (non-hydrogen) atoms. The number of hydrogen-bond donors (Lipinski definition) is 2. The summed E-state index contributed by atoms with van der Waals surface area (Å²) in [7, 11) is 1.31. The number of amides is 1. The van der Waals surface area contributed by atoms with E-state index in [4.69, 9.17) is 5.73 Å². The van der Waals surface area contributed by atoms with Crippen molar-refractivity contribution in [1.29, 1.82) is 0 Å². The number of nitrogen functional groups attached to an aromatic ring is 1. The van der Waals surface area contributed by atoms with Gasteiger partial charge >= 0.3 is 5.97 Å². The fourth-order valence-corrected chi connectivity index (χ4v) is 2.23. The number of nitrogens with zero attached hydrogens (tertiary/aromatic N) is 1. The Labute approximate surface area is 122 Å². The third-order valence-electron chi connectivity index (χ3n) is 3.26. The van der Waals surface area contributed by atoms with E-state index in [1.807, 2.05) is 13.0 Å². The first-order valence-electron chi connectivity index (χ1n) is 6.79. The van der Waals surface area contributed by atoms with Crippen molar-refractivity contribution in [2.24, 2.45) is 0 Å². The molecule has 0 atom stereocenters. The van der Waals surface area contributed by atoms with Crippen LogP contribution in [0.1, 0.15) is 23.7 Å². The molecule has 0 spiro atoms. The summed E-state index contributed by atoms with van der Waals surface area (Å²) in [5, 5.41) is 0.756. The van der Waals surface area contributed by atoms with Crippen LogP contribution in [0.3, 0.4) is 0 Å². The van der Waals surface area contributed by atoms with Gasteiger partial charge in [0.2, 0.25) is 0 Å². The zero-order valence-corrected chi connectivity index (χ0v) is 12.2. The summed E-state index contributed by atoms with van der Waals surface area (Å²) in [5.74, 6) is -0.643. The van der Waals surface area contributed by atoms with Crippen LogP contribution < -0.4 is 5.73 Å². The van der Waals surface area contributed by atoms with Crippen molar-refractivity contribution in [3.63, 3.8) is 0 Å². The van der Waals surface area contributed by atoms with Crippen molar-refractivity contribution in [1.82, 2.24) is 9.88 Å². The van der Waals surface area contributed by atoms with Crippen LogP contribution in [0, 0.1) is 0 Å². The minimum Gasteiger partial charge on any atom is -0.468 e. The molecular formula is C15H19N3O3. The summed E-state index contributed by atoms with van der Waals surface area (Å²) < 4.78 is 4.64. The van der Waals surface area contributed by atoms with Crippen LogP contribution in [0.2, 0.25) is 0 Å². The number of methoxy groups -OCH3 is 1. The second-order valence-corrected chi connectivity index (χ2v) is 4.81. The lowest BCUT2D eigenvalue weighted by atomic mass is 10.1. The third-order valence-corrected chi connectivity index (χ3v) is 3.26. The molecule has 0 aliphatic heterocycles. The van der Waals surface area contributed by atoms with Gasteiger partial charge in [0.25, 0.3) is 5.91 Å². The van der Waals surface area contributed by atoms with Crippen molar-refractivity contribution in [2.45, 2.75) is 13.3 Å². The molecule has 1 aromatic carbocycles. The van der Waals surface area contributed by atoms with E-state index in [9.17, 15) is 9.59 Å². The SMILES string of the molecule is CCCN(CC(=O)OC)C(=O)c1c[nH]c2ccc(N)cc12. The quantitative estimate of drug-likeness (QED) is 0.648. The molecule has 0 aliphatic rings. The summed E-state index contributed by atoms with van der Waals surface area (Å²) >= 11 is 0. The zero-order valence-electron chi connectivity index (χ0n) is 12.2. The van der Waals surface area contributed by atoms with Gasteiger partial charge in [-0.3, -0.25) is 9.59 Å². The summed E-state index contributed by atoms with van der Waals surface area (Å²) in [6.45, 7) is 2.38. The Morgan fingerprint density at radius 2 is 2.14 bits per heavy atom. The van der Waals surface area contributed by atoms with E-state index in [1.165, 1.54) is 12.0 Å². The molecule has 112 valence electrons. The fourth-order valence-electron chi connectivity index (χ4n) is 2.23. The van der Waals surface area contributed by atoms with Crippen molar-refractivity contribution in [3.8, 4) is 0 Å². The zero-order chi connectivity index (χ0) is 15.4. The third kappa shape index (κ3) is 3.16. The topological polar surface area (TPSA) is 88.4 Å². The first-order valence-corrected chi connectivity index (χ1v) is 6.79. The first kappa shape index (κ1) is 14.9. The standard InChI is InChI=1S/C15H19N3O3/c1-3-6-18(9-14(19)21-2)15(20)12-8-17-13-5-4-10(16)7-11(12)13/h4-5,7-8,17H,3,6,9,16H2,1-2H3. The molecule has 1 aromatic heterocycles. The summed E-state index contributed by atoms with van der Waals surface area (Å²) in [6, 6.07) is 5.35. The monoisotopic (exact) mass is 289 g/mol. The second kappa shape index (κ2) is 6.30. The average Bonchev–Trinajstić information content (AvgIpc) is 2.88. The number of ether oxygens (including phenoxy) is 1. The number of nitrogens with two attached hydrogens (primary N) is 1. The smallest absolute Gasteiger partial charge is 0.325 e. The predicted octanol–water partition coefficient (Wildman–Crippen LogP) is 1.78. The van der Waals surface area contributed by atoms with E-state index < -0.39 is 5.97 Å². The predicted molar refractivity (Wildman–Crippen MR) is 80.9 cm³/mol. The highest BCUT2D eigenvalue weighted by atomic mass is 16.5. The molecule has 3 N–H and O–H groups in total. The van der Waals surface area contributed by atoms with Crippen LogP contribution in [0.5, 0.6) is 0 Å². The molecule has 2 rings (SSSR count). The molecule has 0 saturated carbocycles. The molecule has 0 radical (unpaired) electrons. The van der Waals surface area contributed by atoms with Crippen LogP contribution in [0.15, 0.2) is 24.4 Å². The minimum absolute atomic E-state index is 0.0574. The van der Waals surface area contributed by atoms with Crippen LogP contribution >= 0.6 is 0 Å². The van der Waals surface area contributed by atoms with E-state index in [0.29, 0.717) is 17.8 Å². The van der Waals surface area contributed by atoms with Crippen molar-refractivity contribution in [3.05, 3.63) is 30.0 Å². The number of nitrogens with one attached hydrogen (secondary N) is 1. The highest BCUT2D eigenvalue weighted by Gasteiger charge is 2.21. The van der Waals surface area contributed by atoms with Gasteiger partial charge in [0.1, 0.15) is 6.54 Å². The normalized spacial score (nSPS) is 10.6. The lowest BCUT2D eigenvalue weighted by Crippen LogP contribution is -2.36. The van der Waals surface area contributed by atoms with E-state index in [-0.39, 0.29) is 12.5 Å². The Kier molecular flexibility index (Phi) is 4.47. The van der Waals surface area contributed by atoms with Crippen LogP contribution in [0.4, 0.5) is 5.69 Å². The van der Waals surface area contributed by atoms with Crippen LogP contribution in [0.25, 0.3) is 10.9 Å². The van der Waals surface area contributed by atoms with Gasteiger partial charge in [0.05, 0.1) is 12.7 Å². The molecule has 0 aliphatic carbocycles. The Morgan fingerprint density at radius 3 is 2.81 bits per heavy atom. The highest BCUT2D eigenvalue weighted by molar-refractivity contribution is 6.08. The van der Waals surface area contributed by atoms with Crippen molar-refractivity contribution >= 4 is 28.5 Å². The van der Waals surface area contributed by atoms with E-state index in [0.717, 1.165) is 17.3 Å². The Balaban J connectivity index is 2.34. The molecule has 0 unspecified atom stereocenters. The molecule has 0 saturated heterocycles. The second-order valence-electron chi connectivity index (χ2n) is 4.81. The van der Waals surface area contributed by atoms with Gasteiger partial charge in [0, 0.05) is 29.3 Å². The molecule has 0 bridgehead atoms. The summed E-state index contributed by atoms with van der Waals surface area (Å²) in [6.07, 6.45) is 2.40. The Hall–Kier alpha value is -2.50. The number of benzene rings is 1.